The molecule has 0 radical (unpaired) electrons. The number of thiophene rings is 1. The lowest BCUT2D eigenvalue weighted by Crippen LogP contribution is -2.59. The van der Waals surface area contributed by atoms with Crippen molar-refractivity contribution in [2.45, 2.75) is 105 Å². The molecule has 0 bridgehead atoms. The Hall–Kier alpha value is -10.1. The standard InChI is InChI=1S/C88H75BN4OS/c1-85(2,3)53-34-40-71-63(44-53)64-45-54(86(4,5)6)35-41-72(64)90(71)57-38-39-67-75(48-57)93(68-30-20-16-26-59(68)52-24-14-13-15-25-52)77-49-58(91-69-31-21-17-27-60(69)61-28-18-22-32-70(61)91)50-78-82(77)89(67)83-79(94-78)51-76(81-62-29-19-23-33-80(62)95-84(81)83)92-73-42-36-55(87(7,8)9)46-65(73)66-47-56(88(10,11)12)37-43-74(66)92/h13-51H,1-12H3. The van der Waals surface area contributed by atoms with E-state index in [-0.39, 0.29) is 28.4 Å². The molecule has 16 aromatic rings. The van der Waals surface area contributed by atoms with Gasteiger partial charge in [-0.25, -0.2) is 0 Å². The van der Waals surface area contributed by atoms with Crippen LogP contribution in [0.15, 0.2) is 237 Å². The monoisotopic (exact) mass is 1250 g/mol. The molecule has 5 nitrogen and oxygen atoms in total. The van der Waals surface area contributed by atoms with E-state index in [1.807, 2.05) is 11.3 Å². The Morgan fingerprint density at radius 1 is 0.326 bits per heavy atom. The molecule has 0 fully saturated rings. The van der Waals surface area contributed by atoms with Crippen molar-refractivity contribution in [3.05, 3.63) is 259 Å². The fraction of sp³-hybridized carbons (Fsp3) is 0.182. The van der Waals surface area contributed by atoms with Gasteiger partial charge in [0.25, 0.3) is 6.71 Å². The molecule has 2 aliphatic rings. The summed E-state index contributed by atoms with van der Waals surface area (Å²) < 4.78 is 18.0. The maximum absolute atomic E-state index is 7.99. The molecule has 4 aromatic heterocycles. The van der Waals surface area contributed by atoms with Gasteiger partial charge in [0.1, 0.15) is 11.5 Å². The molecule has 0 atom stereocenters. The fourth-order valence-electron chi connectivity index (χ4n) is 15.9. The number of hydrogen-bond acceptors (Lipinski definition) is 3. The lowest BCUT2D eigenvalue weighted by molar-refractivity contribution is 0.488. The minimum absolute atomic E-state index is 0.0383. The second-order valence-electron chi connectivity index (χ2n) is 31.0. The number of ether oxygens (including phenoxy) is 1. The van der Waals surface area contributed by atoms with E-state index in [0.717, 1.165) is 73.2 Å². The number of fused-ring (bicyclic) bond motifs is 17. The van der Waals surface area contributed by atoms with E-state index in [1.165, 1.54) is 108 Å². The predicted molar refractivity (Wildman–Crippen MR) is 408 cm³/mol. The number of aromatic nitrogens is 3. The average Bonchev–Trinajstić information content (AvgIpc) is 1.68. The van der Waals surface area contributed by atoms with Crippen LogP contribution >= 0.6 is 11.3 Å². The molecular weight excluding hydrogens is 1170 g/mol. The molecule has 0 N–H and O–H groups in total. The number of anilines is 3. The van der Waals surface area contributed by atoms with E-state index < -0.39 is 0 Å². The van der Waals surface area contributed by atoms with E-state index in [2.05, 4.69) is 338 Å². The summed E-state index contributed by atoms with van der Waals surface area (Å²) in [5.74, 6) is 1.72. The smallest absolute Gasteiger partial charge is 0.258 e. The Morgan fingerprint density at radius 2 is 0.779 bits per heavy atom. The number of rotatable bonds is 5. The first-order valence-corrected chi connectivity index (χ1v) is 34.6. The molecule has 12 aromatic carbocycles. The van der Waals surface area contributed by atoms with Crippen LogP contribution < -0.4 is 26.0 Å². The Balaban J connectivity index is 0.981. The molecular formula is C88H75BN4OS. The molecule has 0 amide bonds. The highest BCUT2D eigenvalue weighted by Gasteiger charge is 2.45. The van der Waals surface area contributed by atoms with Gasteiger partial charge in [0.15, 0.2) is 0 Å². The summed E-state index contributed by atoms with van der Waals surface area (Å²) in [7, 11) is 0. The highest BCUT2D eigenvalue weighted by Crippen LogP contribution is 2.51. The van der Waals surface area contributed by atoms with Crippen LogP contribution in [0.1, 0.15) is 105 Å². The summed E-state index contributed by atoms with van der Waals surface area (Å²) in [5, 5.41) is 9.95. The molecule has 6 heterocycles. The largest absolute Gasteiger partial charge is 0.458 e. The molecule has 95 heavy (non-hydrogen) atoms. The quantitative estimate of drug-likeness (QED) is 0.161. The molecule has 0 saturated heterocycles. The van der Waals surface area contributed by atoms with E-state index in [1.54, 1.807) is 0 Å². The van der Waals surface area contributed by atoms with Crippen molar-refractivity contribution in [2.24, 2.45) is 0 Å². The molecule has 2 aliphatic heterocycles. The van der Waals surface area contributed by atoms with Crippen LogP contribution in [-0.4, -0.2) is 20.4 Å². The molecule has 0 spiro atoms. The molecule has 7 heteroatoms. The molecule has 462 valence electrons. The zero-order chi connectivity index (χ0) is 64.9. The first-order valence-electron chi connectivity index (χ1n) is 33.8. The molecule has 0 aliphatic carbocycles. The summed E-state index contributed by atoms with van der Waals surface area (Å²) in [6, 6.07) is 90.2. The van der Waals surface area contributed by atoms with E-state index in [0.29, 0.717) is 0 Å². The van der Waals surface area contributed by atoms with Crippen LogP contribution in [0.5, 0.6) is 11.5 Å². The van der Waals surface area contributed by atoms with Gasteiger partial charge in [-0.05, 0) is 157 Å². The Kier molecular flexibility index (Phi) is 12.3. The zero-order valence-electron chi connectivity index (χ0n) is 56.2. The van der Waals surface area contributed by atoms with Gasteiger partial charge >= 0.3 is 0 Å². The molecule has 0 saturated carbocycles. The molecule has 0 unspecified atom stereocenters. The van der Waals surface area contributed by atoms with Crippen molar-refractivity contribution >= 4 is 137 Å². The summed E-state index contributed by atoms with van der Waals surface area (Å²) in [4.78, 5) is 2.60. The van der Waals surface area contributed by atoms with Crippen LogP contribution in [0.3, 0.4) is 0 Å². The normalized spacial score (nSPS) is 13.5. The van der Waals surface area contributed by atoms with Gasteiger partial charge in [0.2, 0.25) is 0 Å². The molecule has 18 rings (SSSR count). The summed E-state index contributed by atoms with van der Waals surface area (Å²) in [6.45, 7) is 27.7. The van der Waals surface area contributed by atoms with Crippen molar-refractivity contribution in [1.82, 2.24) is 13.7 Å². The highest BCUT2D eigenvalue weighted by atomic mass is 32.1. The van der Waals surface area contributed by atoms with Gasteiger partial charge in [0, 0.05) is 87.2 Å². The van der Waals surface area contributed by atoms with Gasteiger partial charge in [0.05, 0.1) is 50.2 Å². The number of benzene rings is 12. The van der Waals surface area contributed by atoms with Crippen LogP contribution in [0.4, 0.5) is 17.1 Å². The van der Waals surface area contributed by atoms with Crippen molar-refractivity contribution in [1.29, 1.82) is 0 Å². The van der Waals surface area contributed by atoms with Crippen molar-refractivity contribution < 1.29 is 4.74 Å². The fourth-order valence-corrected chi connectivity index (χ4v) is 17.2. The summed E-state index contributed by atoms with van der Waals surface area (Å²) in [6.07, 6.45) is 0. The Bertz CT molecular complexity index is 5750. The van der Waals surface area contributed by atoms with E-state index >= 15 is 0 Å². The minimum Gasteiger partial charge on any atom is -0.458 e. The Labute approximate surface area is 560 Å². The third-order valence-corrected chi connectivity index (χ3v) is 22.1. The van der Waals surface area contributed by atoms with Crippen molar-refractivity contribution in [3.63, 3.8) is 0 Å². The minimum atomic E-state index is -0.242. The van der Waals surface area contributed by atoms with Crippen molar-refractivity contribution in [2.75, 3.05) is 4.90 Å². The summed E-state index contributed by atoms with van der Waals surface area (Å²) >= 11 is 1.90. The maximum Gasteiger partial charge on any atom is 0.258 e. The average molecular weight is 1250 g/mol. The third kappa shape index (κ3) is 8.67. The lowest BCUT2D eigenvalue weighted by atomic mass is 9.34. The SMILES string of the molecule is CC(C)(C)c1ccc2c(c1)c1cc(C(C)(C)C)ccc1n2-c1ccc2c(c1)N(c1ccccc1-c1ccccc1)c1cc(-n3c4ccccc4c4ccccc43)cc3c1B2c1c(cc(-n2c4ccc(C(C)(C)C)cc4c4cc(C(C)(C)C)ccc42)c2c1sc1ccccc12)O3. The highest BCUT2D eigenvalue weighted by molar-refractivity contribution is 7.28. The van der Waals surface area contributed by atoms with Gasteiger partial charge in [-0.15, -0.1) is 11.3 Å². The second-order valence-corrected chi connectivity index (χ2v) is 32.0. The van der Waals surface area contributed by atoms with Gasteiger partial charge in [-0.1, -0.05) is 217 Å². The number of hydrogen-bond donors (Lipinski definition) is 0. The number of para-hydroxylation sites is 3. The van der Waals surface area contributed by atoms with E-state index in [4.69, 9.17) is 4.74 Å². The van der Waals surface area contributed by atoms with Crippen molar-refractivity contribution in [3.8, 4) is 39.7 Å². The van der Waals surface area contributed by atoms with Crippen LogP contribution in [0, 0.1) is 0 Å². The van der Waals surface area contributed by atoms with E-state index in [9.17, 15) is 0 Å². The summed E-state index contributed by atoms with van der Waals surface area (Å²) in [5.41, 5.74) is 24.5. The third-order valence-electron chi connectivity index (χ3n) is 20.9. The van der Waals surface area contributed by atoms with Crippen LogP contribution in [0.25, 0.3) is 114 Å². The second kappa shape index (κ2) is 20.2. The predicted octanol–water partition coefficient (Wildman–Crippen LogP) is 22.6. The lowest BCUT2D eigenvalue weighted by Gasteiger charge is -2.41. The number of nitrogens with zero attached hydrogens (tertiary/aromatic N) is 4. The first kappa shape index (κ1) is 57.6. The van der Waals surface area contributed by atoms with Gasteiger partial charge < -0.3 is 23.3 Å². The van der Waals surface area contributed by atoms with Gasteiger partial charge in [-0.3, -0.25) is 0 Å². The Morgan fingerprint density at radius 3 is 1.34 bits per heavy atom. The topological polar surface area (TPSA) is 27.3 Å². The van der Waals surface area contributed by atoms with Crippen LogP contribution in [-0.2, 0) is 21.7 Å². The zero-order valence-corrected chi connectivity index (χ0v) is 57.0. The first-order chi connectivity index (χ1) is 45.7. The van der Waals surface area contributed by atoms with Gasteiger partial charge in [-0.2, -0.15) is 0 Å². The maximum atomic E-state index is 7.99. The van der Waals surface area contributed by atoms with Crippen LogP contribution in [0.2, 0.25) is 0 Å².